The zero-order valence-corrected chi connectivity index (χ0v) is 17.9. The third-order valence-corrected chi connectivity index (χ3v) is 6.80. The van der Waals surface area contributed by atoms with Crippen molar-refractivity contribution in [1.82, 2.24) is 9.62 Å². The van der Waals surface area contributed by atoms with E-state index in [1.807, 2.05) is 30.3 Å². The molecule has 2 amide bonds. The molecule has 2 N–H and O–H groups in total. The van der Waals surface area contributed by atoms with E-state index in [-0.39, 0.29) is 34.7 Å². The van der Waals surface area contributed by atoms with E-state index in [9.17, 15) is 18.0 Å². The van der Waals surface area contributed by atoms with E-state index in [1.54, 1.807) is 0 Å². The standard InChI is InChI=1S/C20H22ClN3O5S/c1-24(12-19(25)22-9-5-8-14-6-3-2-4-7-14)30(27,28)18-11-17-16(10-15(18)21)23-20(26)13-29-17/h2-4,6-7,10-11H,5,8-9,12-13H2,1H3,(H,22,25)(H,23,26). The molecule has 1 heterocycles. The lowest BCUT2D eigenvalue weighted by atomic mass is 10.1. The minimum absolute atomic E-state index is 0.0744. The van der Waals surface area contributed by atoms with E-state index in [2.05, 4.69) is 10.6 Å². The lowest BCUT2D eigenvalue weighted by Gasteiger charge is -2.22. The van der Waals surface area contributed by atoms with Gasteiger partial charge >= 0.3 is 0 Å². The lowest BCUT2D eigenvalue weighted by molar-refractivity contribution is -0.121. The molecule has 30 heavy (non-hydrogen) atoms. The van der Waals surface area contributed by atoms with Crippen LogP contribution in [-0.2, 0) is 26.0 Å². The summed E-state index contributed by atoms with van der Waals surface area (Å²) in [5.74, 6) is -0.557. The van der Waals surface area contributed by atoms with Gasteiger partial charge in [0.05, 0.1) is 17.3 Å². The summed E-state index contributed by atoms with van der Waals surface area (Å²) in [5.41, 5.74) is 1.47. The maximum Gasteiger partial charge on any atom is 0.262 e. The molecular formula is C20H22ClN3O5S. The van der Waals surface area contributed by atoms with E-state index in [0.717, 1.165) is 17.1 Å². The highest BCUT2D eigenvalue weighted by molar-refractivity contribution is 7.89. The molecule has 0 unspecified atom stereocenters. The molecule has 2 aromatic carbocycles. The fourth-order valence-electron chi connectivity index (χ4n) is 2.96. The third-order valence-electron chi connectivity index (χ3n) is 4.53. The quantitative estimate of drug-likeness (QED) is 0.597. The molecule has 1 aliphatic heterocycles. The Kier molecular flexibility index (Phi) is 6.96. The van der Waals surface area contributed by atoms with Gasteiger partial charge in [-0.05, 0) is 24.5 Å². The van der Waals surface area contributed by atoms with E-state index < -0.39 is 15.9 Å². The number of fused-ring (bicyclic) bond motifs is 1. The van der Waals surface area contributed by atoms with Gasteiger partial charge in [0, 0.05) is 19.7 Å². The maximum absolute atomic E-state index is 12.9. The Hall–Kier alpha value is -2.62. The fraction of sp³-hybridized carbons (Fsp3) is 0.300. The number of nitrogens with zero attached hydrogens (tertiary/aromatic N) is 1. The van der Waals surface area contributed by atoms with Gasteiger partial charge in [-0.2, -0.15) is 4.31 Å². The minimum atomic E-state index is -4.04. The summed E-state index contributed by atoms with van der Waals surface area (Å²) in [6.45, 7) is -0.122. The van der Waals surface area contributed by atoms with Crippen LogP contribution in [0.5, 0.6) is 5.75 Å². The number of nitrogens with one attached hydrogen (secondary N) is 2. The van der Waals surface area contributed by atoms with Crippen molar-refractivity contribution >= 4 is 39.1 Å². The van der Waals surface area contributed by atoms with Gasteiger partial charge in [0.15, 0.2) is 6.61 Å². The second kappa shape index (κ2) is 9.46. The van der Waals surface area contributed by atoms with Crippen molar-refractivity contribution in [3.8, 4) is 5.75 Å². The first-order chi connectivity index (χ1) is 14.3. The molecule has 3 rings (SSSR count). The zero-order chi connectivity index (χ0) is 21.7. The molecule has 0 aromatic heterocycles. The number of ether oxygens (including phenoxy) is 1. The topological polar surface area (TPSA) is 105 Å². The number of aryl methyl sites for hydroxylation is 1. The van der Waals surface area contributed by atoms with E-state index in [1.165, 1.54) is 24.7 Å². The number of carbonyl (C=O) groups is 2. The molecule has 0 spiro atoms. The van der Waals surface area contributed by atoms with Gasteiger partial charge in [0.2, 0.25) is 15.9 Å². The van der Waals surface area contributed by atoms with Gasteiger partial charge in [-0.15, -0.1) is 0 Å². The molecule has 0 atom stereocenters. The third kappa shape index (κ3) is 5.29. The van der Waals surface area contributed by atoms with E-state index >= 15 is 0 Å². The number of hydrogen-bond donors (Lipinski definition) is 2. The van der Waals surface area contributed by atoms with Gasteiger partial charge in [0.25, 0.3) is 5.91 Å². The Bertz CT molecular complexity index is 1040. The SMILES string of the molecule is CN(CC(=O)NCCCc1ccccc1)S(=O)(=O)c1cc2c(cc1Cl)NC(=O)CO2. The molecule has 8 nitrogen and oxygen atoms in total. The van der Waals surface area contributed by atoms with Crippen LogP contribution in [0.4, 0.5) is 5.69 Å². The number of sulfonamides is 1. The summed E-state index contributed by atoms with van der Waals surface area (Å²) < 4.78 is 31.9. The number of amides is 2. The van der Waals surface area contributed by atoms with Crippen LogP contribution in [-0.4, -0.2) is 51.3 Å². The average molecular weight is 452 g/mol. The predicted octanol–water partition coefficient (Wildman–Crippen LogP) is 2.04. The largest absolute Gasteiger partial charge is 0.482 e. The van der Waals surface area contributed by atoms with Crippen molar-refractivity contribution in [3.63, 3.8) is 0 Å². The normalized spacial score (nSPS) is 13.4. The monoisotopic (exact) mass is 451 g/mol. The van der Waals surface area contributed by atoms with Crippen LogP contribution in [0, 0.1) is 0 Å². The Balaban J connectivity index is 1.58. The smallest absolute Gasteiger partial charge is 0.262 e. The second-order valence-electron chi connectivity index (χ2n) is 6.82. The highest BCUT2D eigenvalue weighted by Crippen LogP contribution is 2.36. The average Bonchev–Trinajstić information content (AvgIpc) is 2.71. The predicted molar refractivity (Wildman–Crippen MR) is 113 cm³/mol. The number of likely N-dealkylation sites (N-methyl/N-ethyl adjacent to an activating group) is 1. The number of rotatable bonds is 8. The summed E-state index contributed by atoms with van der Waals surface area (Å²) in [6.07, 6.45) is 1.56. The van der Waals surface area contributed by atoms with Crippen LogP contribution < -0.4 is 15.4 Å². The van der Waals surface area contributed by atoms with Crippen molar-refractivity contribution in [3.05, 3.63) is 53.1 Å². The van der Waals surface area contributed by atoms with Gasteiger partial charge in [-0.25, -0.2) is 8.42 Å². The van der Waals surface area contributed by atoms with Crippen LogP contribution in [0.15, 0.2) is 47.4 Å². The van der Waals surface area contributed by atoms with Gasteiger partial charge in [0.1, 0.15) is 10.6 Å². The highest BCUT2D eigenvalue weighted by Gasteiger charge is 2.28. The first-order valence-corrected chi connectivity index (χ1v) is 11.1. The molecule has 0 radical (unpaired) electrons. The molecule has 2 aromatic rings. The summed E-state index contributed by atoms with van der Waals surface area (Å²) >= 11 is 6.12. The van der Waals surface area contributed by atoms with Crippen LogP contribution in [0.3, 0.4) is 0 Å². The van der Waals surface area contributed by atoms with Crippen molar-refractivity contribution < 1.29 is 22.7 Å². The highest BCUT2D eigenvalue weighted by atomic mass is 35.5. The second-order valence-corrected chi connectivity index (χ2v) is 9.24. The minimum Gasteiger partial charge on any atom is -0.482 e. The summed E-state index contributed by atoms with van der Waals surface area (Å²) in [7, 11) is -2.73. The zero-order valence-electron chi connectivity index (χ0n) is 16.4. The van der Waals surface area contributed by atoms with Gasteiger partial charge in [-0.1, -0.05) is 41.9 Å². The maximum atomic E-state index is 12.9. The molecule has 1 aliphatic rings. The van der Waals surface area contributed by atoms with Crippen LogP contribution in [0.1, 0.15) is 12.0 Å². The van der Waals surface area contributed by atoms with Crippen molar-refractivity contribution in [2.45, 2.75) is 17.7 Å². The van der Waals surface area contributed by atoms with Crippen LogP contribution in [0.25, 0.3) is 0 Å². The lowest BCUT2D eigenvalue weighted by Crippen LogP contribution is -2.38. The molecule has 10 heteroatoms. The first-order valence-electron chi connectivity index (χ1n) is 9.30. The van der Waals surface area contributed by atoms with Crippen molar-refractivity contribution in [2.24, 2.45) is 0 Å². The van der Waals surface area contributed by atoms with Crippen molar-refractivity contribution in [1.29, 1.82) is 0 Å². The summed E-state index contributed by atoms with van der Waals surface area (Å²) in [5, 5.41) is 5.21. The number of hydrogen-bond acceptors (Lipinski definition) is 5. The molecule has 0 aliphatic carbocycles. The Morgan fingerprint density at radius 3 is 2.73 bits per heavy atom. The number of benzene rings is 2. The number of halogens is 1. The van der Waals surface area contributed by atoms with Gasteiger partial charge < -0.3 is 15.4 Å². The number of carbonyl (C=O) groups excluding carboxylic acids is 2. The van der Waals surface area contributed by atoms with Crippen LogP contribution in [0.2, 0.25) is 5.02 Å². The van der Waals surface area contributed by atoms with Gasteiger partial charge in [-0.3, -0.25) is 9.59 Å². The Morgan fingerprint density at radius 2 is 2.00 bits per heavy atom. The van der Waals surface area contributed by atoms with Crippen molar-refractivity contribution in [2.75, 3.05) is 32.1 Å². The molecule has 0 saturated heterocycles. The molecule has 160 valence electrons. The Labute approximate surface area is 180 Å². The molecular weight excluding hydrogens is 430 g/mol. The first kappa shape index (κ1) is 22.1. The molecule has 0 fully saturated rings. The van der Waals surface area contributed by atoms with E-state index in [0.29, 0.717) is 12.2 Å². The van der Waals surface area contributed by atoms with Crippen LogP contribution >= 0.6 is 11.6 Å². The summed E-state index contributed by atoms with van der Waals surface area (Å²) in [4.78, 5) is 23.4. The number of anilines is 1. The summed E-state index contributed by atoms with van der Waals surface area (Å²) in [6, 6.07) is 12.5. The van der Waals surface area contributed by atoms with E-state index in [4.69, 9.17) is 16.3 Å². The molecule has 0 bridgehead atoms. The fourth-order valence-corrected chi connectivity index (χ4v) is 4.60. The Morgan fingerprint density at radius 1 is 1.27 bits per heavy atom. The molecule has 0 saturated carbocycles.